The van der Waals surface area contributed by atoms with E-state index >= 15 is 0 Å². The van der Waals surface area contributed by atoms with Crippen molar-refractivity contribution in [2.24, 2.45) is 0 Å². The van der Waals surface area contributed by atoms with E-state index in [-0.39, 0.29) is 36.4 Å². The van der Waals surface area contributed by atoms with Crippen molar-refractivity contribution in [1.82, 2.24) is 14.7 Å². The Kier molecular flexibility index (Phi) is 8.22. The second kappa shape index (κ2) is 11.0. The van der Waals surface area contributed by atoms with Crippen molar-refractivity contribution in [3.05, 3.63) is 70.9 Å². The topological polar surface area (TPSA) is 76.5 Å². The molecular weight excluding hydrogens is 464 g/mol. The number of hydrogen-bond acceptors (Lipinski definition) is 4. The fourth-order valence-electron chi connectivity index (χ4n) is 3.37. The van der Waals surface area contributed by atoms with Crippen molar-refractivity contribution in [3.8, 4) is 11.4 Å². The molecule has 1 heterocycles. The Hall–Kier alpha value is -3.32. The second-order valence-electron chi connectivity index (χ2n) is 9.82. The summed E-state index contributed by atoms with van der Waals surface area (Å²) in [4.78, 5) is 27.4. The number of benzene rings is 2. The number of amides is 2. The van der Waals surface area contributed by atoms with Crippen LogP contribution in [0, 0.1) is 6.92 Å². The fourth-order valence-corrected chi connectivity index (χ4v) is 3.50. The molecule has 0 atom stereocenters. The highest BCUT2D eigenvalue weighted by Gasteiger charge is 2.24. The van der Waals surface area contributed by atoms with Gasteiger partial charge >= 0.3 is 0 Å². The van der Waals surface area contributed by atoms with E-state index in [1.54, 1.807) is 28.9 Å². The summed E-state index contributed by atoms with van der Waals surface area (Å²) in [6.45, 7) is 11.7. The van der Waals surface area contributed by atoms with E-state index in [4.69, 9.17) is 21.4 Å². The molecule has 0 bridgehead atoms. The van der Waals surface area contributed by atoms with Gasteiger partial charge in [-0.15, -0.1) is 0 Å². The fraction of sp³-hybridized carbons (Fsp3) is 0.370. The third-order valence-electron chi connectivity index (χ3n) is 5.46. The largest absolute Gasteiger partial charge is 0.484 e. The van der Waals surface area contributed by atoms with Gasteiger partial charge in [0.25, 0.3) is 5.91 Å². The highest BCUT2D eigenvalue weighted by atomic mass is 35.5. The SMILES string of the molecule is Cc1ccc(-n2nc(C(C)(C)C)cc2NC(=O)CN(C(=O)COc2ccc(Cl)cc2)C(C)C)cc1. The van der Waals surface area contributed by atoms with Gasteiger partial charge in [-0.2, -0.15) is 5.10 Å². The van der Waals surface area contributed by atoms with Crippen LogP contribution in [0.2, 0.25) is 5.02 Å². The highest BCUT2D eigenvalue weighted by Crippen LogP contribution is 2.26. The van der Waals surface area contributed by atoms with Crippen LogP contribution in [0.1, 0.15) is 45.9 Å². The van der Waals surface area contributed by atoms with E-state index in [9.17, 15) is 9.59 Å². The molecule has 1 N–H and O–H groups in total. The molecule has 0 aliphatic carbocycles. The number of nitrogens with one attached hydrogen (secondary N) is 1. The van der Waals surface area contributed by atoms with Crippen molar-refractivity contribution in [2.45, 2.75) is 53.0 Å². The summed E-state index contributed by atoms with van der Waals surface area (Å²) in [6.07, 6.45) is 0. The first-order valence-electron chi connectivity index (χ1n) is 11.6. The number of nitrogens with zero attached hydrogens (tertiary/aromatic N) is 3. The van der Waals surface area contributed by atoms with Gasteiger partial charge in [0.15, 0.2) is 6.61 Å². The van der Waals surface area contributed by atoms with Crippen LogP contribution in [0.5, 0.6) is 5.75 Å². The molecule has 8 heteroatoms. The number of ether oxygens (including phenoxy) is 1. The van der Waals surface area contributed by atoms with Crippen LogP contribution in [0.4, 0.5) is 5.82 Å². The molecule has 186 valence electrons. The number of carbonyl (C=O) groups is 2. The number of halogens is 1. The maximum atomic E-state index is 13.0. The maximum Gasteiger partial charge on any atom is 0.261 e. The Bertz CT molecular complexity index is 1160. The number of aromatic nitrogens is 2. The van der Waals surface area contributed by atoms with E-state index in [0.717, 1.165) is 16.9 Å². The van der Waals surface area contributed by atoms with Gasteiger partial charge in [-0.05, 0) is 57.2 Å². The lowest BCUT2D eigenvalue weighted by Gasteiger charge is -2.26. The smallest absolute Gasteiger partial charge is 0.261 e. The molecule has 3 aromatic rings. The Morgan fingerprint density at radius 1 is 1.09 bits per heavy atom. The van der Waals surface area contributed by atoms with Gasteiger partial charge in [0.1, 0.15) is 18.1 Å². The Morgan fingerprint density at radius 2 is 1.71 bits per heavy atom. The molecular formula is C27H33ClN4O3. The van der Waals surface area contributed by atoms with Crippen molar-refractivity contribution < 1.29 is 14.3 Å². The van der Waals surface area contributed by atoms with Crippen LogP contribution in [0.15, 0.2) is 54.6 Å². The minimum Gasteiger partial charge on any atom is -0.484 e. The van der Waals surface area contributed by atoms with Crippen LogP contribution >= 0.6 is 11.6 Å². The number of aryl methyl sites for hydroxylation is 1. The molecule has 35 heavy (non-hydrogen) atoms. The lowest BCUT2D eigenvalue weighted by molar-refractivity contribution is -0.138. The van der Waals surface area contributed by atoms with Crippen molar-refractivity contribution in [2.75, 3.05) is 18.5 Å². The minimum absolute atomic E-state index is 0.107. The van der Waals surface area contributed by atoms with Crippen LogP contribution < -0.4 is 10.1 Å². The van der Waals surface area contributed by atoms with Gasteiger partial charge in [-0.3, -0.25) is 9.59 Å². The van der Waals surface area contributed by atoms with Gasteiger partial charge in [0.2, 0.25) is 5.91 Å². The third-order valence-corrected chi connectivity index (χ3v) is 5.71. The summed E-state index contributed by atoms with van der Waals surface area (Å²) in [7, 11) is 0. The van der Waals surface area contributed by atoms with E-state index in [0.29, 0.717) is 16.6 Å². The van der Waals surface area contributed by atoms with E-state index in [1.165, 1.54) is 4.90 Å². The van der Waals surface area contributed by atoms with Gasteiger partial charge in [0, 0.05) is 22.5 Å². The monoisotopic (exact) mass is 496 g/mol. The summed E-state index contributed by atoms with van der Waals surface area (Å²) in [5, 5.41) is 8.28. The lowest BCUT2D eigenvalue weighted by atomic mass is 9.92. The summed E-state index contributed by atoms with van der Waals surface area (Å²) in [6, 6.07) is 16.4. The highest BCUT2D eigenvalue weighted by molar-refractivity contribution is 6.30. The average Bonchev–Trinajstić information content (AvgIpc) is 3.21. The zero-order valence-electron chi connectivity index (χ0n) is 21.1. The van der Waals surface area contributed by atoms with Gasteiger partial charge in [-0.1, -0.05) is 50.1 Å². The molecule has 7 nitrogen and oxygen atoms in total. The molecule has 0 saturated heterocycles. The molecule has 1 aromatic heterocycles. The lowest BCUT2D eigenvalue weighted by Crippen LogP contribution is -2.44. The second-order valence-corrected chi connectivity index (χ2v) is 10.3. The number of anilines is 1. The van der Waals surface area contributed by atoms with Crippen LogP contribution in [-0.4, -0.2) is 45.7 Å². The maximum absolute atomic E-state index is 13.0. The number of rotatable bonds is 8. The van der Waals surface area contributed by atoms with Crippen LogP contribution in [-0.2, 0) is 15.0 Å². The molecule has 3 rings (SSSR count). The first-order valence-corrected chi connectivity index (χ1v) is 12.0. The summed E-state index contributed by atoms with van der Waals surface area (Å²) < 4.78 is 7.31. The molecule has 0 unspecified atom stereocenters. The van der Waals surface area contributed by atoms with Crippen LogP contribution in [0.25, 0.3) is 5.69 Å². The molecule has 0 spiro atoms. The summed E-state index contributed by atoms with van der Waals surface area (Å²) in [5.74, 6) is 0.491. The first kappa shape index (κ1) is 26.3. The Labute approximate surface area is 212 Å². The zero-order chi connectivity index (χ0) is 25.8. The molecule has 0 aliphatic rings. The normalized spacial score (nSPS) is 11.4. The molecule has 2 aromatic carbocycles. The van der Waals surface area contributed by atoms with E-state index in [2.05, 4.69) is 26.1 Å². The zero-order valence-corrected chi connectivity index (χ0v) is 21.9. The van der Waals surface area contributed by atoms with E-state index in [1.807, 2.05) is 51.1 Å². The third kappa shape index (κ3) is 7.09. The minimum atomic E-state index is -0.313. The first-order chi connectivity index (χ1) is 16.4. The van der Waals surface area contributed by atoms with Gasteiger partial charge < -0.3 is 15.0 Å². The molecule has 0 radical (unpaired) electrons. The Balaban J connectivity index is 1.74. The van der Waals surface area contributed by atoms with E-state index < -0.39 is 0 Å². The molecule has 0 aliphatic heterocycles. The standard InChI is InChI=1S/C27H33ClN4O3/c1-18(2)31(26(34)17-35-22-13-9-20(28)10-14-22)16-25(33)29-24-15-23(27(4,5)6)30-32(24)21-11-7-19(3)8-12-21/h7-15,18H,16-17H2,1-6H3,(H,29,33). The molecule has 0 saturated carbocycles. The molecule has 2 amide bonds. The van der Waals surface area contributed by atoms with Crippen molar-refractivity contribution in [3.63, 3.8) is 0 Å². The van der Waals surface area contributed by atoms with Crippen molar-refractivity contribution >= 4 is 29.2 Å². The number of carbonyl (C=O) groups excluding carboxylic acids is 2. The summed E-state index contributed by atoms with van der Waals surface area (Å²) in [5.41, 5.74) is 2.62. The molecule has 0 fully saturated rings. The predicted molar refractivity (Wildman–Crippen MR) is 139 cm³/mol. The predicted octanol–water partition coefficient (Wildman–Crippen LogP) is 5.39. The number of hydrogen-bond donors (Lipinski definition) is 1. The summed E-state index contributed by atoms with van der Waals surface area (Å²) >= 11 is 5.89. The Morgan fingerprint density at radius 3 is 2.29 bits per heavy atom. The quantitative estimate of drug-likeness (QED) is 0.454. The van der Waals surface area contributed by atoms with Gasteiger partial charge in [0.05, 0.1) is 11.4 Å². The van der Waals surface area contributed by atoms with Gasteiger partial charge in [-0.25, -0.2) is 4.68 Å². The van der Waals surface area contributed by atoms with Crippen molar-refractivity contribution in [1.29, 1.82) is 0 Å². The van der Waals surface area contributed by atoms with Crippen LogP contribution in [0.3, 0.4) is 0 Å². The average molecular weight is 497 g/mol.